The first-order chi connectivity index (χ1) is 12.0. The van der Waals surface area contributed by atoms with Gasteiger partial charge in [-0.25, -0.2) is 0 Å². The molecule has 1 aromatic carbocycles. The molecule has 0 aromatic heterocycles. The van der Waals surface area contributed by atoms with Crippen LogP contribution in [-0.2, 0) is 9.53 Å². The van der Waals surface area contributed by atoms with E-state index in [1.54, 1.807) is 18.2 Å². The molecule has 9 heteroatoms. The number of halogens is 3. The van der Waals surface area contributed by atoms with Crippen LogP contribution in [0.25, 0.3) is 0 Å². The van der Waals surface area contributed by atoms with Crippen LogP contribution in [-0.4, -0.2) is 43.8 Å². The Balaban J connectivity index is 0.00000625. The lowest BCUT2D eigenvalue weighted by Crippen LogP contribution is -2.38. The maximum atomic E-state index is 11.0. The number of nitrogens with one attached hydrogen (secondary N) is 2. The molecule has 0 saturated heterocycles. The van der Waals surface area contributed by atoms with Gasteiger partial charge in [-0.05, 0) is 43.5 Å². The van der Waals surface area contributed by atoms with Gasteiger partial charge in [-0.2, -0.15) is 0 Å². The summed E-state index contributed by atoms with van der Waals surface area (Å²) in [5.41, 5.74) is 0.621. The normalized spacial score (nSPS) is 12.1. The van der Waals surface area contributed by atoms with Crippen LogP contribution in [0.2, 0.25) is 10.0 Å². The molecule has 0 saturated carbocycles. The van der Waals surface area contributed by atoms with Crippen molar-refractivity contribution in [2.45, 2.75) is 32.3 Å². The second kappa shape index (κ2) is 14.3. The average Bonchev–Trinajstić information content (AvgIpc) is 2.57. The molecule has 0 bridgehead atoms. The smallest absolute Gasteiger partial charge is 0.305 e. The van der Waals surface area contributed by atoms with Crippen LogP contribution in [0.1, 0.15) is 37.9 Å². The van der Waals surface area contributed by atoms with Gasteiger partial charge in [0, 0.05) is 29.6 Å². The Morgan fingerprint density at radius 1 is 1.23 bits per heavy atom. The molecule has 0 aliphatic rings. The third-order valence-corrected chi connectivity index (χ3v) is 3.80. The Hall–Kier alpha value is -0.770. The summed E-state index contributed by atoms with van der Waals surface area (Å²) in [5.74, 6) is 0.400. The Bertz CT molecular complexity index is 568. The molecule has 0 heterocycles. The molecule has 1 unspecified atom stereocenters. The second-order valence-corrected chi connectivity index (χ2v) is 6.27. The lowest BCUT2D eigenvalue weighted by atomic mass is 10.1. The van der Waals surface area contributed by atoms with E-state index in [2.05, 4.69) is 20.4 Å². The number of aliphatic hydroxyl groups is 1. The van der Waals surface area contributed by atoms with Gasteiger partial charge in [0.1, 0.15) is 0 Å². The van der Waals surface area contributed by atoms with Gasteiger partial charge in [-0.3, -0.25) is 9.79 Å². The maximum Gasteiger partial charge on any atom is 0.305 e. The predicted octanol–water partition coefficient (Wildman–Crippen LogP) is 3.54. The number of rotatable bonds is 9. The minimum Gasteiger partial charge on any atom is -0.469 e. The fourth-order valence-electron chi connectivity index (χ4n) is 2.10. The van der Waals surface area contributed by atoms with E-state index >= 15 is 0 Å². The van der Waals surface area contributed by atoms with Gasteiger partial charge in [-0.1, -0.05) is 23.2 Å². The van der Waals surface area contributed by atoms with Crippen molar-refractivity contribution in [3.05, 3.63) is 33.8 Å². The largest absolute Gasteiger partial charge is 0.469 e. The highest BCUT2D eigenvalue weighted by Crippen LogP contribution is 2.23. The van der Waals surface area contributed by atoms with E-state index in [1.165, 1.54) is 7.11 Å². The average molecular weight is 518 g/mol. The van der Waals surface area contributed by atoms with Gasteiger partial charge in [0.2, 0.25) is 0 Å². The van der Waals surface area contributed by atoms with Crippen LogP contribution in [0, 0.1) is 0 Å². The Morgan fingerprint density at radius 2 is 1.88 bits per heavy atom. The third kappa shape index (κ3) is 10.4. The quantitative estimate of drug-likeness (QED) is 0.153. The number of esters is 1. The van der Waals surface area contributed by atoms with Crippen molar-refractivity contribution < 1.29 is 14.6 Å². The molecule has 0 aliphatic carbocycles. The zero-order chi connectivity index (χ0) is 18.7. The molecule has 3 N–H and O–H groups in total. The molecule has 26 heavy (non-hydrogen) atoms. The number of hydrogen-bond donors (Lipinski definition) is 3. The minimum atomic E-state index is -0.800. The van der Waals surface area contributed by atoms with Crippen molar-refractivity contribution in [3.8, 4) is 0 Å². The molecule has 1 aromatic rings. The van der Waals surface area contributed by atoms with Crippen molar-refractivity contribution in [2.75, 3.05) is 26.7 Å². The molecule has 0 aliphatic heterocycles. The van der Waals surface area contributed by atoms with Crippen molar-refractivity contribution >= 4 is 59.1 Å². The van der Waals surface area contributed by atoms with Crippen LogP contribution < -0.4 is 10.6 Å². The Morgan fingerprint density at radius 3 is 2.46 bits per heavy atom. The summed E-state index contributed by atoms with van der Waals surface area (Å²) in [6, 6.07) is 4.95. The summed E-state index contributed by atoms with van der Waals surface area (Å²) in [4.78, 5) is 15.4. The first kappa shape index (κ1) is 25.2. The van der Waals surface area contributed by atoms with E-state index in [0.717, 1.165) is 12.8 Å². The molecule has 1 atom stereocenters. The zero-order valence-corrected chi connectivity index (χ0v) is 18.8. The number of nitrogens with zero attached hydrogens (tertiary/aromatic N) is 1. The Kier molecular flexibility index (Phi) is 13.9. The molecule has 0 amide bonds. The highest BCUT2D eigenvalue weighted by molar-refractivity contribution is 14.0. The number of unbranched alkanes of at least 4 members (excludes halogenated alkanes) is 1. The van der Waals surface area contributed by atoms with Crippen LogP contribution >= 0.6 is 47.2 Å². The third-order valence-electron chi connectivity index (χ3n) is 3.36. The van der Waals surface area contributed by atoms with E-state index in [4.69, 9.17) is 23.2 Å². The summed E-state index contributed by atoms with van der Waals surface area (Å²) in [7, 11) is 1.38. The van der Waals surface area contributed by atoms with Crippen molar-refractivity contribution in [1.82, 2.24) is 10.6 Å². The van der Waals surface area contributed by atoms with Gasteiger partial charge < -0.3 is 20.5 Å². The number of aliphatic imine (C=N–C) groups is 1. The van der Waals surface area contributed by atoms with E-state index in [-0.39, 0.29) is 36.5 Å². The van der Waals surface area contributed by atoms with E-state index < -0.39 is 6.10 Å². The van der Waals surface area contributed by atoms with Crippen LogP contribution in [0.5, 0.6) is 0 Å². The highest BCUT2D eigenvalue weighted by Gasteiger charge is 2.09. The number of benzene rings is 1. The van der Waals surface area contributed by atoms with E-state index in [0.29, 0.717) is 41.1 Å². The van der Waals surface area contributed by atoms with Gasteiger partial charge in [0.15, 0.2) is 5.96 Å². The zero-order valence-electron chi connectivity index (χ0n) is 14.9. The molecule has 148 valence electrons. The van der Waals surface area contributed by atoms with Gasteiger partial charge in [0.25, 0.3) is 0 Å². The number of methoxy groups -OCH3 is 1. The first-order valence-corrected chi connectivity index (χ1v) is 8.95. The number of ether oxygens (including phenoxy) is 1. The van der Waals surface area contributed by atoms with E-state index in [1.807, 2.05) is 6.92 Å². The van der Waals surface area contributed by atoms with Gasteiger partial charge >= 0.3 is 5.97 Å². The van der Waals surface area contributed by atoms with Crippen LogP contribution in [0.3, 0.4) is 0 Å². The lowest BCUT2D eigenvalue weighted by Gasteiger charge is -2.13. The maximum absolute atomic E-state index is 11.0. The fourth-order valence-corrected chi connectivity index (χ4v) is 2.64. The SMILES string of the molecule is CCNC(=NCC(O)c1cc(Cl)cc(Cl)c1)NCCCCC(=O)OC.I. The first-order valence-electron chi connectivity index (χ1n) is 8.19. The van der Waals surface area contributed by atoms with Crippen LogP contribution in [0.4, 0.5) is 0 Å². The predicted molar refractivity (Wildman–Crippen MR) is 117 cm³/mol. The fraction of sp³-hybridized carbons (Fsp3) is 0.529. The standard InChI is InChI=1S/C17H25Cl2N3O3.HI/c1-3-20-17(21-7-5-4-6-16(24)25-2)22-11-15(23)12-8-13(18)10-14(19)9-12;/h8-10,15,23H,3-7,11H2,1-2H3,(H2,20,21,22);1H. The molecule has 0 fully saturated rings. The summed E-state index contributed by atoms with van der Waals surface area (Å²) >= 11 is 11.9. The van der Waals surface area contributed by atoms with Crippen molar-refractivity contribution in [3.63, 3.8) is 0 Å². The highest BCUT2D eigenvalue weighted by atomic mass is 127. The van der Waals surface area contributed by atoms with E-state index in [9.17, 15) is 9.90 Å². The molecular formula is C17H26Cl2IN3O3. The number of carbonyl (C=O) groups is 1. The van der Waals surface area contributed by atoms with Crippen molar-refractivity contribution in [1.29, 1.82) is 0 Å². The lowest BCUT2D eigenvalue weighted by molar-refractivity contribution is -0.140. The Labute approximate surface area is 181 Å². The number of aliphatic hydroxyl groups excluding tert-OH is 1. The number of hydrogen-bond acceptors (Lipinski definition) is 4. The monoisotopic (exact) mass is 517 g/mol. The summed E-state index contributed by atoms with van der Waals surface area (Å²) in [6.07, 6.45) is 1.15. The summed E-state index contributed by atoms with van der Waals surface area (Å²) in [5, 5.41) is 17.5. The number of guanidine groups is 1. The second-order valence-electron chi connectivity index (χ2n) is 5.40. The van der Waals surface area contributed by atoms with Gasteiger partial charge in [-0.15, -0.1) is 24.0 Å². The van der Waals surface area contributed by atoms with Crippen LogP contribution in [0.15, 0.2) is 23.2 Å². The molecule has 0 spiro atoms. The summed E-state index contributed by atoms with van der Waals surface area (Å²) in [6.45, 7) is 3.50. The molecule has 6 nitrogen and oxygen atoms in total. The van der Waals surface area contributed by atoms with Gasteiger partial charge in [0.05, 0.1) is 19.8 Å². The van der Waals surface area contributed by atoms with Crippen molar-refractivity contribution in [2.24, 2.45) is 4.99 Å². The number of carbonyl (C=O) groups excluding carboxylic acids is 1. The molecule has 0 radical (unpaired) electrons. The molecular weight excluding hydrogens is 492 g/mol. The molecule has 1 rings (SSSR count). The topological polar surface area (TPSA) is 83.0 Å². The minimum absolute atomic E-state index is 0. The summed E-state index contributed by atoms with van der Waals surface area (Å²) < 4.78 is 4.60.